The third kappa shape index (κ3) is 2.94. The fourth-order valence-electron chi connectivity index (χ4n) is 2.06. The molecule has 8 nitrogen and oxygen atoms in total. The average molecular weight is 313 g/mol. The van der Waals surface area contributed by atoms with Gasteiger partial charge < -0.3 is 9.26 Å². The second-order valence-corrected chi connectivity index (χ2v) is 7.30. The third-order valence-corrected chi connectivity index (χ3v) is 6.13. The maximum absolute atomic E-state index is 12.8. The topological polar surface area (TPSA) is 84.7 Å². The molecule has 0 atom stereocenters. The number of hydrogen-bond donors (Lipinski definition) is 0. The first-order chi connectivity index (χ1) is 10.0. The number of nitro groups is 1. The first-order valence-electron chi connectivity index (χ1n) is 6.61. The second kappa shape index (κ2) is 5.38. The Morgan fingerprint density at radius 3 is 2.38 bits per heavy atom. The lowest BCUT2D eigenvalue weighted by atomic mass is 10.2. The summed E-state index contributed by atoms with van der Waals surface area (Å²) in [5.74, 6) is 0.368. The van der Waals surface area contributed by atoms with E-state index in [0.29, 0.717) is 11.3 Å². The molecule has 0 amide bonds. The number of rotatable bonds is 7. The van der Waals surface area contributed by atoms with Crippen LogP contribution in [0.25, 0.3) is 0 Å². The minimum absolute atomic E-state index is 0.0457. The zero-order valence-electron chi connectivity index (χ0n) is 11.6. The smallest absolute Gasteiger partial charge is 0.346 e. The summed E-state index contributed by atoms with van der Waals surface area (Å²) < 4.78 is 27.2. The van der Waals surface area contributed by atoms with Crippen molar-refractivity contribution in [2.45, 2.75) is 6.61 Å². The van der Waals surface area contributed by atoms with Gasteiger partial charge in [0, 0.05) is 37.8 Å². The largest absolute Gasteiger partial charge is 0.496 e. The first kappa shape index (κ1) is 14.5. The van der Waals surface area contributed by atoms with Crippen LogP contribution in [-0.2, 0) is 15.7 Å². The van der Waals surface area contributed by atoms with Crippen LogP contribution in [0.3, 0.4) is 0 Å². The Hall–Kier alpha value is -1.47. The average Bonchev–Trinajstić information content (AvgIpc) is 3.34. The van der Waals surface area contributed by atoms with Gasteiger partial charge in [-0.15, -0.1) is 0 Å². The SMILES string of the molecule is COc1cc([N+](=O)[O-])ccc1COP(=O)(N1CC1)N1CC1. The number of methoxy groups -OCH3 is 1. The van der Waals surface area contributed by atoms with Crippen LogP contribution in [-0.4, -0.2) is 47.6 Å². The summed E-state index contributed by atoms with van der Waals surface area (Å²) in [6.07, 6.45) is 0. The first-order valence-corrected chi connectivity index (χ1v) is 8.14. The van der Waals surface area contributed by atoms with E-state index < -0.39 is 12.6 Å². The summed E-state index contributed by atoms with van der Waals surface area (Å²) in [6.45, 7) is 3.23. The van der Waals surface area contributed by atoms with Gasteiger partial charge in [-0.1, -0.05) is 0 Å². The number of ether oxygens (including phenoxy) is 1. The van der Waals surface area contributed by atoms with Gasteiger partial charge in [-0.2, -0.15) is 0 Å². The van der Waals surface area contributed by atoms with Crippen LogP contribution in [0.2, 0.25) is 0 Å². The minimum Gasteiger partial charge on any atom is -0.496 e. The lowest BCUT2D eigenvalue weighted by molar-refractivity contribution is -0.384. The Morgan fingerprint density at radius 1 is 1.29 bits per heavy atom. The van der Waals surface area contributed by atoms with Crippen molar-refractivity contribution < 1.29 is 18.7 Å². The molecule has 0 spiro atoms. The molecule has 1 aromatic carbocycles. The third-order valence-electron chi connectivity index (χ3n) is 3.43. The van der Waals surface area contributed by atoms with E-state index >= 15 is 0 Å². The zero-order chi connectivity index (χ0) is 15.0. The molecule has 21 heavy (non-hydrogen) atoms. The summed E-state index contributed by atoms with van der Waals surface area (Å²) in [7, 11) is -1.45. The molecule has 2 aliphatic rings. The quantitative estimate of drug-likeness (QED) is 0.329. The standard InChI is InChI=1S/C12H16N3O5P/c1-19-12-8-11(15(16)17)3-2-10(12)9-20-21(18,13-4-5-13)14-6-7-14/h2-3,8H,4-7,9H2,1H3. The van der Waals surface area contributed by atoms with Gasteiger partial charge in [0.15, 0.2) is 0 Å². The molecular formula is C12H16N3O5P. The molecule has 0 aromatic heterocycles. The molecule has 0 unspecified atom stereocenters. The van der Waals surface area contributed by atoms with Crippen LogP contribution >= 0.6 is 7.67 Å². The van der Waals surface area contributed by atoms with Gasteiger partial charge in [0.2, 0.25) is 0 Å². The lowest BCUT2D eigenvalue weighted by Crippen LogP contribution is -2.08. The molecule has 114 valence electrons. The molecule has 1 aromatic rings. The van der Waals surface area contributed by atoms with Crippen LogP contribution in [0.15, 0.2) is 18.2 Å². The number of non-ortho nitro benzene ring substituents is 1. The molecule has 2 aliphatic heterocycles. The molecule has 0 aliphatic carbocycles. The number of nitro benzene ring substituents is 1. The highest BCUT2D eigenvalue weighted by molar-refractivity contribution is 7.54. The highest BCUT2D eigenvalue weighted by Gasteiger charge is 2.49. The fourth-order valence-corrected chi connectivity index (χ4v) is 4.24. The molecule has 0 bridgehead atoms. The van der Waals surface area contributed by atoms with E-state index in [4.69, 9.17) is 9.26 Å². The van der Waals surface area contributed by atoms with Gasteiger partial charge in [-0.25, -0.2) is 9.34 Å². The number of benzene rings is 1. The maximum atomic E-state index is 12.8. The summed E-state index contributed by atoms with van der Waals surface area (Å²) in [5.41, 5.74) is 0.600. The van der Waals surface area contributed by atoms with Gasteiger partial charge in [-0.05, 0) is 6.07 Å². The summed E-state index contributed by atoms with van der Waals surface area (Å²) >= 11 is 0. The Kier molecular flexibility index (Phi) is 3.71. The van der Waals surface area contributed by atoms with Crippen molar-refractivity contribution in [1.29, 1.82) is 0 Å². The van der Waals surface area contributed by atoms with E-state index in [1.54, 1.807) is 6.07 Å². The highest BCUT2D eigenvalue weighted by Crippen LogP contribution is 2.61. The second-order valence-electron chi connectivity index (χ2n) is 4.92. The minimum atomic E-state index is -2.89. The van der Waals surface area contributed by atoms with Gasteiger partial charge >= 0.3 is 7.67 Å². The molecular weight excluding hydrogens is 297 g/mol. The lowest BCUT2D eigenvalue weighted by Gasteiger charge is -2.20. The van der Waals surface area contributed by atoms with E-state index in [1.165, 1.54) is 19.2 Å². The van der Waals surface area contributed by atoms with Crippen LogP contribution in [0.5, 0.6) is 5.75 Å². The summed E-state index contributed by atoms with van der Waals surface area (Å²) in [6, 6.07) is 4.31. The van der Waals surface area contributed by atoms with Crippen LogP contribution < -0.4 is 4.74 Å². The predicted octanol–water partition coefficient (Wildman–Crippen LogP) is 1.86. The van der Waals surface area contributed by atoms with Crippen molar-refractivity contribution in [1.82, 2.24) is 9.34 Å². The van der Waals surface area contributed by atoms with E-state index in [1.807, 2.05) is 9.34 Å². The van der Waals surface area contributed by atoms with Crippen molar-refractivity contribution in [3.63, 3.8) is 0 Å². The van der Waals surface area contributed by atoms with Gasteiger partial charge in [0.05, 0.1) is 24.7 Å². The monoisotopic (exact) mass is 313 g/mol. The Balaban J connectivity index is 1.75. The van der Waals surface area contributed by atoms with E-state index in [2.05, 4.69) is 0 Å². The summed E-state index contributed by atoms with van der Waals surface area (Å²) in [4.78, 5) is 10.3. The molecule has 0 N–H and O–H groups in total. The Bertz CT molecular complexity index is 599. The Labute approximate surface area is 121 Å². The Morgan fingerprint density at radius 2 is 1.90 bits per heavy atom. The maximum Gasteiger partial charge on any atom is 0.346 e. The molecule has 2 fully saturated rings. The molecule has 0 radical (unpaired) electrons. The normalized spacial score (nSPS) is 18.5. The molecule has 3 rings (SSSR count). The van der Waals surface area contributed by atoms with Crippen molar-refractivity contribution in [3.8, 4) is 5.75 Å². The highest BCUT2D eigenvalue weighted by atomic mass is 31.2. The zero-order valence-corrected chi connectivity index (χ0v) is 12.5. The van der Waals surface area contributed by atoms with Crippen LogP contribution in [0.4, 0.5) is 5.69 Å². The van der Waals surface area contributed by atoms with Crippen molar-refractivity contribution >= 4 is 13.4 Å². The number of hydrogen-bond acceptors (Lipinski definition) is 5. The van der Waals surface area contributed by atoms with Crippen molar-refractivity contribution in [2.24, 2.45) is 0 Å². The van der Waals surface area contributed by atoms with Crippen LogP contribution in [0, 0.1) is 10.1 Å². The van der Waals surface area contributed by atoms with Gasteiger partial charge in [0.1, 0.15) is 5.75 Å². The fraction of sp³-hybridized carbons (Fsp3) is 0.500. The predicted molar refractivity (Wildman–Crippen MR) is 75.2 cm³/mol. The molecule has 9 heteroatoms. The summed E-state index contributed by atoms with van der Waals surface area (Å²) in [5, 5.41) is 10.8. The van der Waals surface area contributed by atoms with Crippen LogP contribution in [0.1, 0.15) is 5.56 Å². The molecule has 0 saturated carbocycles. The van der Waals surface area contributed by atoms with E-state index in [-0.39, 0.29) is 12.3 Å². The molecule has 2 heterocycles. The van der Waals surface area contributed by atoms with Gasteiger partial charge in [-0.3, -0.25) is 14.7 Å². The van der Waals surface area contributed by atoms with E-state index in [9.17, 15) is 14.7 Å². The van der Waals surface area contributed by atoms with E-state index in [0.717, 1.165) is 26.2 Å². The van der Waals surface area contributed by atoms with Crippen molar-refractivity contribution in [2.75, 3.05) is 33.3 Å². The number of nitrogens with zero attached hydrogens (tertiary/aromatic N) is 3. The molecule has 2 saturated heterocycles. The van der Waals surface area contributed by atoms with Crippen molar-refractivity contribution in [3.05, 3.63) is 33.9 Å². The van der Waals surface area contributed by atoms with Gasteiger partial charge in [0.25, 0.3) is 5.69 Å².